The third kappa shape index (κ3) is 3.31. The fourth-order valence-corrected chi connectivity index (χ4v) is 3.76. The second-order valence-electron chi connectivity index (χ2n) is 6.47. The van der Waals surface area contributed by atoms with Crippen LogP contribution in [0.2, 0.25) is 0 Å². The van der Waals surface area contributed by atoms with Crippen molar-refractivity contribution in [3.63, 3.8) is 0 Å². The van der Waals surface area contributed by atoms with Crippen molar-refractivity contribution in [3.8, 4) is 10.8 Å². The van der Waals surface area contributed by atoms with Crippen molar-refractivity contribution in [1.29, 1.82) is 0 Å². The molecule has 1 unspecified atom stereocenters. The van der Waals surface area contributed by atoms with Gasteiger partial charge in [0.25, 0.3) is 11.6 Å². The fourth-order valence-electron chi connectivity index (χ4n) is 3.01. The minimum atomic E-state index is -1.31. The van der Waals surface area contributed by atoms with E-state index >= 15 is 0 Å². The Morgan fingerprint density at radius 2 is 1.90 bits per heavy atom. The Hall–Kier alpha value is -3.73. The molecule has 146 valence electrons. The molecule has 0 radical (unpaired) electrons. The van der Waals surface area contributed by atoms with Crippen LogP contribution in [0.4, 0.5) is 10.5 Å². The molecule has 1 N–H and O–H groups in total. The van der Waals surface area contributed by atoms with Crippen LogP contribution in [0.25, 0.3) is 10.8 Å². The highest BCUT2D eigenvalue weighted by atomic mass is 32.1. The molecule has 0 spiro atoms. The summed E-state index contributed by atoms with van der Waals surface area (Å²) in [6, 6.07) is 6.68. The van der Waals surface area contributed by atoms with E-state index in [9.17, 15) is 19.7 Å². The number of rotatable bonds is 5. The van der Waals surface area contributed by atoms with Gasteiger partial charge in [0.1, 0.15) is 5.54 Å². The van der Waals surface area contributed by atoms with Crippen LogP contribution in [0.3, 0.4) is 0 Å². The number of amides is 3. The molecule has 3 amide bonds. The second-order valence-corrected chi connectivity index (χ2v) is 7.32. The Kier molecular flexibility index (Phi) is 4.51. The number of aromatic nitrogens is 3. The van der Waals surface area contributed by atoms with E-state index < -0.39 is 22.4 Å². The summed E-state index contributed by atoms with van der Waals surface area (Å²) in [6.07, 6.45) is 3.22. The molecule has 1 aromatic carbocycles. The van der Waals surface area contributed by atoms with E-state index in [4.69, 9.17) is 0 Å². The van der Waals surface area contributed by atoms with Crippen LogP contribution in [-0.4, -0.2) is 36.7 Å². The van der Waals surface area contributed by atoms with Crippen molar-refractivity contribution >= 4 is 29.0 Å². The van der Waals surface area contributed by atoms with E-state index in [0.29, 0.717) is 22.1 Å². The van der Waals surface area contributed by atoms with Gasteiger partial charge in [-0.1, -0.05) is 0 Å². The SMILES string of the molecule is CC1(c2ccc([N+](=O)[O-])cc2)NC(=O)N(Cc2csc(-c3ncccn3)n2)C1=O. The average molecular weight is 410 g/mol. The number of carbonyl (C=O) groups excluding carboxylic acids is 2. The van der Waals surface area contributed by atoms with Crippen LogP contribution in [0.1, 0.15) is 18.2 Å². The van der Waals surface area contributed by atoms with Gasteiger partial charge < -0.3 is 5.32 Å². The molecule has 4 rings (SSSR count). The van der Waals surface area contributed by atoms with Gasteiger partial charge in [-0.2, -0.15) is 0 Å². The highest BCUT2D eigenvalue weighted by molar-refractivity contribution is 7.13. The van der Waals surface area contributed by atoms with Crippen LogP contribution in [0, 0.1) is 10.1 Å². The van der Waals surface area contributed by atoms with Gasteiger partial charge >= 0.3 is 6.03 Å². The van der Waals surface area contributed by atoms with Gasteiger partial charge in [-0.25, -0.2) is 19.7 Å². The number of urea groups is 1. The molecule has 3 heterocycles. The number of hydrogen-bond donors (Lipinski definition) is 1. The highest BCUT2D eigenvalue weighted by Gasteiger charge is 2.49. The molecular formula is C18H14N6O4S. The number of thiazole rings is 1. The van der Waals surface area contributed by atoms with Gasteiger partial charge in [-0.05, 0) is 30.7 Å². The monoisotopic (exact) mass is 410 g/mol. The summed E-state index contributed by atoms with van der Waals surface area (Å²) in [4.78, 5) is 49.5. The number of hydrogen-bond acceptors (Lipinski definition) is 8. The third-order valence-electron chi connectivity index (χ3n) is 4.56. The lowest BCUT2D eigenvalue weighted by Crippen LogP contribution is -2.40. The summed E-state index contributed by atoms with van der Waals surface area (Å²) in [6.45, 7) is 1.56. The highest BCUT2D eigenvalue weighted by Crippen LogP contribution is 2.31. The molecule has 0 saturated carbocycles. The van der Waals surface area contributed by atoms with E-state index in [1.165, 1.54) is 35.6 Å². The lowest BCUT2D eigenvalue weighted by atomic mass is 9.92. The first kappa shape index (κ1) is 18.6. The Balaban J connectivity index is 1.55. The van der Waals surface area contributed by atoms with Gasteiger partial charge in [-0.15, -0.1) is 11.3 Å². The molecule has 1 fully saturated rings. The number of nitro benzene ring substituents is 1. The van der Waals surface area contributed by atoms with Crippen molar-refractivity contribution < 1.29 is 14.5 Å². The second kappa shape index (κ2) is 7.02. The molecule has 0 bridgehead atoms. The number of non-ortho nitro benzene ring substituents is 1. The molecule has 11 heteroatoms. The lowest BCUT2D eigenvalue weighted by Gasteiger charge is -2.21. The van der Waals surface area contributed by atoms with Gasteiger partial charge in [0, 0.05) is 29.9 Å². The normalized spacial score (nSPS) is 18.7. The summed E-state index contributed by atoms with van der Waals surface area (Å²) >= 11 is 1.32. The van der Waals surface area contributed by atoms with Crippen molar-refractivity contribution in [3.05, 3.63) is 69.5 Å². The number of nitrogens with one attached hydrogen (secondary N) is 1. The quantitative estimate of drug-likeness (QED) is 0.388. The minimum absolute atomic E-state index is 0.00340. The van der Waals surface area contributed by atoms with Gasteiger partial charge in [0.15, 0.2) is 10.8 Å². The molecular weight excluding hydrogens is 396 g/mol. The Labute approximate surface area is 168 Å². The zero-order chi connectivity index (χ0) is 20.6. The predicted molar refractivity (Wildman–Crippen MR) is 103 cm³/mol. The van der Waals surface area contributed by atoms with Gasteiger partial charge in [-0.3, -0.25) is 19.8 Å². The predicted octanol–water partition coefficient (Wildman–Crippen LogP) is 2.48. The average Bonchev–Trinajstić information content (AvgIpc) is 3.28. The molecule has 10 nitrogen and oxygen atoms in total. The maximum absolute atomic E-state index is 13.0. The van der Waals surface area contributed by atoms with Crippen molar-refractivity contribution in [2.75, 3.05) is 0 Å². The smallest absolute Gasteiger partial charge is 0.319 e. The van der Waals surface area contributed by atoms with Crippen LogP contribution in [0.5, 0.6) is 0 Å². The Morgan fingerprint density at radius 3 is 2.55 bits per heavy atom. The number of carbonyl (C=O) groups is 2. The standard InChI is InChI=1S/C18H14N6O4S/c1-18(11-3-5-13(6-4-11)24(27)28)16(25)23(17(26)22-18)9-12-10-29-15(21-12)14-19-7-2-8-20-14/h2-8,10H,9H2,1H3,(H,22,26). The molecule has 0 aliphatic carbocycles. The maximum Gasteiger partial charge on any atom is 0.325 e. The topological polar surface area (TPSA) is 131 Å². The lowest BCUT2D eigenvalue weighted by molar-refractivity contribution is -0.384. The van der Waals surface area contributed by atoms with Crippen molar-refractivity contribution in [2.24, 2.45) is 0 Å². The van der Waals surface area contributed by atoms with Gasteiger partial charge in [0.05, 0.1) is 17.2 Å². The first-order valence-corrected chi connectivity index (χ1v) is 9.37. The van der Waals surface area contributed by atoms with Crippen molar-refractivity contribution in [1.82, 2.24) is 25.2 Å². The largest absolute Gasteiger partial charge is 0.325 e. The van der Waals surface area contributed by atoms with E-state index in [-0.39, 0.29) is 12.2 Å². The fraction of sp³-hybridized carbons (Fsp3) is 0.167. The van der Waals surface area contributed by atoms with Gasteiger partial charge in [0.2, 0.25) is 0 Å². The van der Waals surface area contributed by atoms with E-state index in [1.807, 2.05) is 0 Å². The summed E-state index contributed by atoms with van der Waals surface area (Å²) in [7, 11) is 0. The zero-order valence-corrected chi connectivity index (χ0v) is 15.9. The first-order valence-electron chi connectivity index (χ1n) is 8.49. The number of nitrogens with zero attached hydrogens (tertiary/aromatic N) is 5. The zero-order valence-electron chi connectivity index (χ0n) is 15.1. The molecule has 29 heavy (non-hydrogen) atoms. The molecule has 1 atom stereocenters. The minimum Gasteiger partial charge on any atom is -0.319 e. The molecule has 2 aromatic heterocycles. The summed E-state index contributed by atoms with van der Waals surface area (Å²) in [5.74, 6) is 0.0125. The number of imide groups is 1. The van der Waals surface area contributed by atoms with Crippen LogP contribution in [0.15, 0.2) is 48.1 Å². The van der Waals surface area contributed by atoms with Crippen molar-refractivity contribution in [2.45, 2.75) is 19.0 Å². The summed E-state index contributed by atoms with van der Waals surface area (Å²) in [5.41, 5.74) is -0.410. The van der Waals surface area contributed by atoms with Crippen LogP contribution < -0.4 is 5.32 Å². The Morgan fingerprint density at radius 1 is 1.21 bits per heavy atom. The summed E-state index contributed by atoms with van der Waals surface area (Å²) < 4.78 is 0. The summed E-state index contributed by atoms with van der Waals surface area (Å²) in [5, 5.41) is 15.8. The first-order chi connectivity index (χ1) is 13.9. The molecule has 1 aliphatic rings. The number of nitro groups is 1. The number of benzene rings is 1. The third-order valence-corrected chi connectivity index (χ3v) is 5.45. The van der Waals surface area contributed by atoms with Crippen LogP contribution in [-0.2, 0) is 16.9 Å². The molecule has 1 saturated heterocycles. The van der Waals surface area contributed by atoms with E-state index in [2.05, 4.69) is 20.3 Å². The van der Waals surface area contributed by atoms with E-state index in [0.717, 1.165) is 4.90 Å². The Bertz CT molecular complexity index is 1100. The molecule has 3 aromatic rings. The van der Waals surface area contributed by atoms with Crippen LogP contribution >= 0.6 is 11.3 Å². The molecule has 1 aliphatic heterocycles. The van der Waals surface area contributed by atoms with E-state index in [1.54, 1.807) is 30.8 Å². The maximum atomic E-state index is 13.0.